The molecular weight excluding hydrogens is 276 g/mol. The molecule has 2 aromatic rings. The number of benzene rings is 1. The Morgan fingerprint density at radius 1 is 1.55 bits per heavy atom. The van der Waals surface area contributed by atoms with Crippen LogP contribution in [0.15, 0.2) is 30.5 Å². The van der Waals surface area contributed by atoms with E-state index in [2.05, 4.69) is 10.4 Å². The zero-order valence-electron chi connectivity index (χ0n) is 11.4. The van der Waals surface area contributed by atoms with Crippen molar-refractivity contribution in [1.82, 2.24) is 15.1 Å². The van der Waals surface area contributed by atoms with E-state index in [0.717, 1.165) is 5.56 Å². The van der Waals surface area contributed by atoms with Crippen molar-refractivity contribution in [1.29, 1.82) is 0 Å². The number of carbonyl (C=O) groups excluding carboxylic acids is 1. The molecular formula is C14H17ClN4O. The number of nitrogen functional groups attached to an aromatic ring is 1. The van der Waals surface area contributed by atoms with Crippen molar-refractivity contribution in [2.75, 3.05) is 5.73 Å². The van der Waals surface area contributed by atoms with E-state index >= 15 is 0 Å². The average Bonchev–Trinajstić information content (AvgIpc) is 2.80. The molecule has 0 fully saturated rings. The van der Waals surface area contributed by atoms with Gasteiger partial charge in [0.05, 0.1) is 11.7 Å². The Morgan fingerprint density at radius 2 is 2.30 bits per heavy atom. The topological polar surface area (TPSA) is 72.9 Å². The van der Waals surface area contributed by atoms with Crippen LogP contribution in [0.5, 0.6) is 0 Å². The third-order valence-corrected chi connectivity index (χ3v) is 3.26. The third kappa shape index (κ3) is 3.11. The van der Waals surface area contributed by atoms with Crippen molar-refractivity contribution in [3.63, 3.8) is 0 Å². The molecule has 0 radical (unpaired) electrons. The molecule has 1 unspecified atom stereocenters. The van der Waals surface area contributed by atoms with Crippen LogP contribution in [-0.2, 0) is 6.54 Å². The lowest BCUT2D eigenvalue weighted by atomic mass is 10.1. The van der Waals surface area contributed by atoms with E-state index in [1.807, 2.05) is 32.0 Å². The molecule has 1 heterocycles. The van der Waals surface area contributed by atoms with Crippen LogP contribution in [0.3, 0.4) is 0 Å². The number of aryl methyl sites for hydroxylation is 1. The van der Waals surface area contributed by atoms with E-state index in [-0.39, 0.29) is 17.6 Å². The Labute approximate surface area is 122 Å². The van der Waals surface area contributed by atoms with Crippen LogP contribution in [0.1, 0.15) is 35.9 Å². The van der Waals surface area contributed by atoms with Gasteiger partial charge in [-0.25, -0.2) is 0 Å². The molecule has 20 heavy (non-hydrogen) atoms. The number of nitrogens with one attached hydrogen (secondary N) is 1. The maximum absolute atomic E-state index is 12.2. The summed E-state index contributed by atoms with van der Waals surface area (Å²) in [6.07, 6.45) is 1.65. The smallest absolute Gasteiger partial charge is 0.274 e. The van der Waals surface area contributed by atoms with Gasteiger partial charge in [0.2, 0.25) is 0 Å². The molecule has 106 valence electrons. The molecule has 0 saturated carbocycles. The van der Waals surface area contributed by atoms with Gasteiger partial charge in [-0.15, -0.1) is 0 Å². The molecule has 0 saturated heterocycles. The summed E-state index contributed by atoms with van der Waals surface area (Å²) in [6.45, 7) is 4.49. The highest BCUT2D eigenvalue weighted by Gasteiger charge is 2.17. The van der Waals surface area contributed by atoms with Crippen LogP contribution >= 0.6 is 11.6 Å². The second-order valence-corrected chi connectivity index (χ2v) is 4.98. The van der Waals surface area contributed by atoms with Crippen LogP contribution in [0.4, 0.5) is 5.69 Å². The van der Waals surface area contributed by atoms with Gasteiger partial charge in [0.1, 0.15) is 0 Å². The van der Waals surface area contributed by atoms with Gasteiger partial charge in [-0.2, -0.15) is 5.10 Å². The number of hydrogen-bond donors (Lipinski definition) is 2. The van der Waals surface area contributed by atoms with Gasteiger partial charge >= 0.3 is 0 Å². The second-order valence-electron chi connectivity index (χ2n) is 4.54. The molecule has 1 atom stereocenters. The molecule has 0 aliphatic heterocycles. The summed E-state index contributed by atoms with van der Waals surface area (Å²) in [4.78, 5) is 12.2. The Kier molecular flexibility index (Phi) is 4.29. The van der Waals surface area contributed by atoms with Crippen molar-refractivity contribution in [2.45, 2.75) is 26.4 Å². The summed E-state index contributed by atoms with van der Waals surface area (Å²) >= 11 is 5.94. The van der Waals surface area contributed by atoms with Gasteiger partial charge in [-0.1, -0.05) is 23.7 Å². The Hall–Kier alpha value is -2.01. The monoisotopic (exact) mass is 292 g/mol. The third-order valence-electron chi connectivity index (χ3n) is 3.03. The second kappa shape index (κ2) is 5.96. The zero-order valence-corrected chi connectivity index (χ0v) is 12.2. The largest absolute Gasteiger partial charge is 0.396 e. The number of rotatable bonds is 4. The highest BCUT2D eigenvalue weighted by molar-refractivity contribution is 6.30. The zero-order chi connectivity index (χ0) is 14.7. The molecule has 5 nitrogen and oxygen atoms in total. The number of hydrogen-bond acceptors (Lipinski definition) is 3. The first-order chi connectivity index (χ1) is 9.51. The van der Waals surface area contributed by atoms with E-state index in [0.29, 0.717) is 17.3 Å². The van der Waals surface area contributed by atoms with Crippen molar-refractivity contribution in [2.24, 2.45) is 0 Å². The van der Waals surface area contributed by atoms with Crippen molar-refractivity contribution in [3.8, 4) is 0 Å². The summed E-state index contributed by atoms with van der Waals surface area (Å²) in [5.41, 5.74) is 7.35. The van der Waals surface area contributed by atoms with E-state index in [1.54, 1.807) is 16.9 Å². The number of anilines is 1. The van der Waals surface area contributed by atoms with E-state index in [4.69, 9.17) is 17.3 Å². The van der Waals surface area contributed by atoms with E-state index < -0.39 is 0 Å². The van der Waals surface area contributed by atoms with Crippen LogP contribution in [0.25, 0.3) is 0 Å². The van der Waals surface area contributed by atoms with Gasteiger partial charge in [-0.3, -0.25) is 9.48 Å². The lowest BCUT2D eigenvalue weighted by Gasteiger charge is -2.13. The SMILES string of the molecule is CCn1cc(N)c(C(=O)NC(C)c2cccc(Cl)c2)n1. The maximum atomic E-state index is 12.2. The van der Waals surface area contributed by atoms with Gasteiger partial charge in [0.15, 0.2) is 5.69 Å². The normalized spacial score (nSPS) is 12.2. The molecule has 3 N–H and O–H groups in total. The predicted octanol–water partition coefficient (Wildman–Crippen LogP) is 2.63. The van der Waals surface area contributed by atoms with Gasteiger partial charge in [-0.05, 0) is 31.5 Å². The first-order valence-corrected chi connectivity index (χ1v) is 6.78. The minimum Gasteiger partial charge on any atom is -0.396 e. The molecule has 1 aromatic heterocycles. The minimum absolute atomic E-state index is 0.174. The first kappa shape index (κ1) is 14.4. The summed E-state index contributed by atoms with van der Waals surface area (Å²) < 4.78 is 1.63. The van der Waals surface area contributed by atoms with Crippen molar-refractivity contribution >= 4 is 23.2 Å². The summed E-state index contributed by atoms with van der Waals surface area (Å²) in [5.74, 6) is -0.290. The standard InChI is InChI=1S/C14H17ClN4O/c1-3-19-8-12(16)13(18-19)14(20)17-9(2)10-5-4-6-11(15)7-10/h4-9H,3,16H2,1-2H3,(H,17,20). The van der Waals surface area contributed by atoms with Crippen molar-refractivity contribution < 1.29 is 4.79 Å². The number of carbonyl (C=O) groups is 1. The maximum Gasteiger partial charge on any atom is 0.274 e. The number of halogens is 1. The van der Waals surface area contributed by atoms with Crippen LogP contribution in [0.2, 0.25) is 5.02 Å². The van der Waals surface area contributed by atoms with E-state index in [9.17, 15) is 4.79 Å². The highest BCUT2D eigenvalue weighted by atomic mass is 35.5. The Bertz CT molecular complexity index is 623. The Morgan fingerprint density at radius 3 is 2.90 bits per heavy atom. The molecule has 6 heteroatoms. The Balaban J connectivity index is 2.12. The fourth-order valence-corrected chi connectivity index (χ4v) is 2.10. The molecule has 1 aromatic carbocycles. The summed E-state index contributed by atoms with van der Waals surface area (Å²) in [5, 5.41) is 7.65. The minimum atomic E-state index is -0.290. The summed E-state index contributed by atoms with van der Waals surface area (Å²) in [6, 6.07) is 7.19. The highest BCUT2D eigenvalue weighted by Crippen LogP contribution is 2.18. The van der Waals surface area contributed by atoms with Gasteiger partial charge < -0.3 is 11.1 Å². The van der Waals surface area contributed by atoms with Crippen LogP contribution in [-0.4, -0.2) is 15.7 Å². The molecule has 0 bridgehead atoms. The molecule has 0 aliphatic carbocycles. The van der Waals surface area contributed by atoms with Crippen molar-refractivity contribution in [3.05, 3.63) is 46.7 Å². The van der Waals surface area contributed by atoms with Crippen LogP contribution in [0, 0.1) is 0 Å². The number of nitrogens with two attached hydrogens (primary N) is 1. The molecule has 0 spiro atoms. The average molecular weight is 293 g/mol. The van der Waals surface area contributed by atoms with Gasteiger partial charge in [0, 0.05) is 17.8 Å². The molecule has 0 aliphatic rings. The van der Waals surface area contributed by atoms with Crippen LogP contribution < -0.4 is 11.1 Å². The fourth-order valence-electron chi connectivity index (χ4n) is 1.90. The lowest BCUT2D eigenvalue weighted by molar-refractivity contribution is 0.0935. The first-order valence-electron chi connectivity index (χ1n) is 6.40. The van der Waals surface area contributed by atoms with E-state index in [1.165, 1.54) is 0 Å². The number of aromatic nitrogens is 2. The van der Waals surface area contributed by atoms with Gasteiger partial charge in [0.25, 0.3) is 5.91 Å². The fraction of sp³-hybridized carbons (Fsp3) is 0.286. The lowest BCUT2D eigenvalue weighted by Crippen LogP contribution is -2.27. The molecule has 1 amide bonds. The number of nitrogens with zero attached hydrogens (tertiary/aromatic N) is 2. The quantitative estimate of drug-likeness (QED) is 0.910. The number of amides is 1. The molecule has 2 rings (SSSR count). The predicted molar refractivity (Wildman–Crippen MR) is 79.6 cm³/mol. The summed E-state index contributed by atoms with van der Waals surface area (Å²) in [7, 11) is 0.